The minimum atomic E-state index is 0.910. The van der Waals surface area contributed by atoms with Gasteiger partial charge < -0.3 is 0 Å². The third-order valence-electron chi connectivity index (χ3n) is 3.22. The van der Waals surface area contributed by atoms with Crippen molar-refractivity contribution in [2.45, 2.75) is 0 Å². The molecule has 4 rings (SSSR count). The molecule has 4 nitrogen and oxygen atoms in total. The van der Waals surface area contributed by atoms with Crippen LogP contribution >= 0.6 is 0 Å². The summed E-state index contributed by atoms with van der Waals surface area (Å²) in [5.74, 6) is 0. The average Bonchev–Trinajstić information content (AvgIpc) is 2.94. The number of nitrogens with zero attached hydrogens (tertiary/aromatic N) is 3. The molecule has 4 heteroatoms. The Hall–Kier alpha value is -2.75. The molecule has 0 aliphatic heterocycles. The standard InChI is InChI=1S/C15H10N4/c1-3-13(18-15-9-16-6-5-10(1)15)11-2-4-14-12(7-11)8-17-19-14/h1-9H,(H,17,19). The highest BCUT2D eigenvalue weighted by Crippen LogP contribution is 2.23. The van der Waals surface area contributed by atoms with E-state index in [1.54, 1.807) is 12.4 Å². The second-order valence-electron chi connectivity index (χ2n) is 4.42. The molecule has 0 spiro atoms. The van der Waals surface area contributed by atoms with E-state index in [1.807, 2.05) is 30.5 Å². The van der Waals surface area contributed by atoms with Crippen molar-refractivity contribution in [2.75, 3.05) is 0 Å². The van der Waals surface area contributed by atoms with E-state index in [4.69, 9.17) is 0 Å². The Kier molecular flexibility index (Phi) is 2.08. The van der Waals surface area contributed by atoms with Crippen molar-refractivity contribution < 1.29 is 0 Å². The van der Waals surface area contributed by atoms with Crippen LogP contribution in [0.5, 0.6) is 0 Å². The molecule has 4 aromatic rings. The smallest absolute Gasteiger partial charge is 0.0921 e. The van der Waals surface area contributed by atoms with E-state index < -0.39 is 0 Å². The molecule has 0 aliphatic carbocycles. The second-order valence-corrected chi connectivity index (χ2v) is 4.42. The molecule has 0 fully saturated rings. The van der Waals surface area contributed by atoms with Gasteiger partial charge in [-0.15, -0.1) is 0 Å². The van der Waals surface area contributed by atoms with Crippen LogP contribution in [-0.2, 0) is 0 Å². The third kappa shape index (κ3) is 1.65. The highest BCUT2D eigenvalue weighted by Gasteiger charge is 2.03. The predicted octanol–water partition coefficient (Wildman–Crippen LogP) is 3.17. The first kappa shape index (κ1) is 10.2. The Morgan fingerprint density at radius 2 is 1.89 bits per heavy atom. The first-order chi connectivity index (χ1) is 9.40. The summed E-state index contributed by atoms with van der Waals surface area (Å²) in [6.07, 6.45) is 5.46. The van der Waals surface area contributed by atoms with E-state index in [1.165, 1.54) is 0 Å². The highest BCUT2D eigenvalue weighted by molar-refractivity contribution is 5.85. The van der Waals surface area contributed by atoms with E-state index in [0.717, 1.165) is 33.1 Å². The largest absolute Gasteiger partial charge is 0.285 e. The quantitative estimate of drug-likeness (QED) is 0.561. The molecule has 0 amide bonds. The molecule has 0 saturated heterocycles. The zero-order valence-electron chi connectivity index (χ0n) is 10.0. The molecule has 19 heavy (non-hydrogen) atoms. The summed E-state index contributed by atoms with van der Waals surface area (Å²) in [4.78, 5) is 8.76. The van der Waals surface area contributed by atoms with Crippen molar-refractivity contribution in [3.63, 3.8) is 0 Å². The van der Waals surface area contributed by atoms with Gasteiger partial charge in [0.05, 0.1) is 22.9 Å². The second kappa shape index (κ2) is 3.88. The van der Waals surface area contributed by atoms with Crippen molar-refractivity contribution >= 4 is 21.8 Å². The summed E-state index contributed by atoms with van der Waals surface area (Å²) >= 11 is 0. The third-order valence-corrected chi connectivity index (χ3v) is 3.22. The van der Waals surface area contributed by atoms with Gasteiger partial charge in [-0.25, -0.2) is 4.98 Å². The molecule has 0 unspecified atom stereocenters. The highest BCUT2D eigenvalue weighted by atomic mass is 15.1. The van der Waals surface area contributed by atoms with E-state index in [9.17, 15) is 0 Å². The lowest BCUT2D eigenvalue weighted by molar-refractivity contribution is 1.12. The Morgan fingerprint density at radius 1 is 0.895 bits per heavy atom. The monoisotopic (exact) mass is 246 g/mol. The van der Waals surface area contributed by atoms with Crippen LogP contribution in [0.2, 0.25) is 0 Å². The van der Waals surface area contributed by atoms with Gasteiger partial charge in [0, 0.05) is 28.7 Å². The van der Waals surface area contributed by atoms with Crippen LogP contribution in [0, 0.1) is 0 Å². The fourth-order valence-corrected chi connectivity index (χ4v) is 2.23. The number of aromatic nitrogens is 4. The van der Waals surface area contributed by atoms with Gasteiger partial charge in [0.25, 0.3) is 0 Å². The topological polar surface area (TPSA) is 54.5 Å². The molecule has 90 valence electrons. The molecule has 0 bridgehead atoms. The first-order valence-corrected chi connectivity index (χ1v) is 6.05. The van der Waals surface area contributed by atoms with E-state index >= 15 is 0 Å². The van der Waals surface area contributed by atoms with Crippen LogP contribution in [0.1, 0.15) is 0 Å². The number of aromatic amines is 1. The Labute approximate surface area is 109 Å². The maximum Gasteiger partial charge on any atom is 0.0921 e. The fraction of sp³-hybridized carbons (Fsp3) is 0. The number of nitrogens with one attached hydrogen (secondary N) is 1. The Bertz CT molecular complexity index is 879. The van der Waals surface area contributed by atoms with Crippen molar-refractivity contribution in [1.29, 1.82) is 0 Å². The van der Waals surface area contributed by atoms with Crippen molar-refractivity contribution in [3.05, 3.63) is 55.0 Å². The first-order valence-electron chi connectivity index (χ1n) is 6.05. The molecular weight excluding hydrogens is 236 g/mol. The van der Waals surface area contributed by atoms with Gasteiger partial charge in [0.2, 0.25) is 0 Å². The van der Waals surface area contributed by atoms with E-state index in [-0.39, 0.29) is 0 Å². The Morgan fingerprint density at radius 3 is 2.89 bits per heavy atom. The molecule has 0 aliphatic rings. The normalized spacial score (nSPS) is 11.2. The lowest BCUT2D eigenvalue weighted by atomic mass is 10.1. The van der Waals surface area contributed by atoms with Gasteiger partial charge in [0.15, 0.2) is 0 Å². The number of H-pyrrole nitrogens is 1. The lowest BCUT2D eigenvalue weighted by Crippen LogP contribution is -1.86. The predicted molar refractivity (Wildman–Crippen MR) is 74.6 cm³/mol. The zero-order chi connectivity index (χ0) is 12.7. The summed E-state index contributed by atoms with van der Waals surface area (Å²) in [6.45, 7) is 0. The maximum absolute atomic E-state index is 4.64. The van der Waals surface area contributed by atoms with Crippen molar-refractivity contribution in [1.82, 2.24) is 20.2 Å². The molecule has 1 N–H and O–H groups in total. The van der Waals surface area contributed by atoms with Gasteiger partial charge in [0.1, 0.15) is 0 Å². The van der Waals surface area contributed by atoms with Crippen LogP contribution in [0.4, 0.5) is 0 Å². The molecule has 0 radical (unpaired) electrons. The molecule has 3 heterocycles. The SMILES string of the molecule is c1cc2ccc(-c3ccc4n[nH]cc4c3)nc2cn1. The number of rotatable bonds is 1. The number of hydrogen-bond acceptors (Lipinski definition) is 3. The van der Waals surface area contributed by atoms with Crippen LogP contribution in [0.3, 0.4) is 0 Å². The minimum absolute atomic E-state index is 0.910. The maximum atomic E-state index is 4.64. The molecule has 0 saturated carbocycles. The molecular formula is C15H10N4. The van der Waals surface area contributed by atoms with Gasteiger partial charge in [-0.3, -0.25) is 10.1 Å². The summed E-state index contributed by atoms with van der Waals surface area (Å²) < 4.78 is 0. The summed E-state index contributed by atoms with van der Waals surface area (Å²) in [5, 5.41) is 9.20. The van der Waals surface area contributed by atoms with Crippen molar-refractivity contribution in [2.24, 2.45) is 0 Å². The summed E-state index contributed by atoms with van der Waals surface area (Å²) in [5.41, 5.74) is 3.90. The van der Waals surface area contributed by atoms with Gasteiger partial charge in [-0.1, -0.05) is 12.1 Å². The number of pyridine rings is 2. The zero-order valence-corrected chi connectivity index (χ0v) is 10.0. The molecule has 0 atom stereocenters. The summed E-state index contributed by atoms with van der Waals surface area (Å²) in [6, 6.07) is 12.2. The minimum Gasteiger partial charge on any atom is -0.285 e. The fourth-order valence-electron chi connectivity index (χ4n) is 2.23. The Balaban J connectivity index is 1.92. The van der Waals surface area contributed by atoms with Crippen LogP contribution < -0.4 is 0 Å². The molecule has 1 aromatic carbocycles. The van der Waals surface area contributed by atoms with Crippen LogP contribution in [0.15, 0.2) is 55.0 Å². The van der Waals surface area contributed by atoms with Crippen molar-refractivity contribution in [3.8, 4) is 11.3 Å². The number of hydrogen-bond donors (Lipinski definition) is 1. The van der Waals surface area contributed by atoms with E-state index in [2.05, 4.69) is 32.3 Å². The van der Waals surface area contributed by atoms with E-state index in [0.29, 0.717) is 0 Å². The van der Waals surface area contributed by atoms with Crippen LogP contribution in [0.25, 0.3) is 33.1 Å². The molecule has 3 aromatic heterocycles. The van der Waals surface area contributed by atoms with Gasteiger partial charge >= 0.3 is 0 Å². The van der Waals surface area contributed by atoms with Crippen LogP contribution in [-0.4, -0.2) is 20.2 Å². The number of benzene rings is 1. The average molecular weight is 246 g/mol. The summed E-state index contributed by atoms with van der Waals surface area (Å²) in [7, 11) is 0. The lowest BCUT2D eigenvalue weighted by Gasteiger charge is -2.03. The van der Waals surface area contributed by atoms with Gasteiger partial charge in [-0.2, -0.15) is 5.10 Å². The van der Waals surface area contributed by atoms with Gasteiger partial charge in [-0.05, 0) is 24.3 Å². The number of fused-ring (bicyclic) bond motifs is 2.